The molecule has 0 saturated carbocycles. The number of halogens is 1. The third-order valence-electron chi connectivity index (χ3n) is 5.62. The molecule has 186 valence electrons. The fourth-order valence-electron chi connectivity index (χ4n) is 3.77. The number of hydrogen-bond donors (Lipinski definition) is 2. The molecule has 3 unspecified atom stereocenters. The van der Waals surface area contributed by atoms with Crippen molar-refractivity contribution in [1.29, 1.82) is 0 Å². The first kappa shape index (κ1) is 30.0. The second-order valence-corrected chi connectivity index (χ2v) is 12.2. The van der Waals surface area contributed by atoms with Crippen LogP contribution in [0.1, 0.15) is 96.0 Å². The highest BCUT2D eigenvalue weighted by molar-refractivity contribution is 7.99. The molecule has 0 bridgehead atoms. The van der Waals surface area contributed by atoms with Crippen molar-refractivity contribution in [3.05, 3.63) is 34.9 Å². The molecule has 32 heavy (non-hydrogen) atoms. The second kappa shape index (κ2) is 18.3. The molecular weight excluding hydrogens is 463 g/mol. The zero-order valence-corrected chi connectivity index (χ0v) is 22.5. The molecule has 0 aliphatic rings. The van der Waals surface area contributed by atoms with E-state index in [0.717, 1.165) is 24.8 Å². The average molecular weight is 507 g/mol. The lowest BCUT2D eigenvalue weighted by Gasteiger charge is -2.25. The largest absolute Gasteiger partial charge is 0.392 e. The van der Waals surface area contributed by atoms with E-state index in [9.17, 15) is 14.6 Å². The van der Waals surface area contributed by atoms with Crippen LogP contribution in [0, 0.1) is 0 Å². The van der Waals surface area contributed by atoms with Crippen molar-refractivity contribution in [3.8, 4) is 0 Å². The Morgan fingerprint density at radius 3 is 2.16 bits per heavy atom. The van der Waals surface area contributed by atoms with Crippen molar-refractivity contribution < 1.29 is 19.1 Å². The van der Waals surface area contributed by atoms with Gasteiger partial charge in [-0.25, -0.2) is 0 Å². The average Bonchev–Trinajstić information content (AvgIpc) is 2.76. The van der Waals surface area contributed by atoms with Gasteiger partial charge in [0, 0.05) is 10.9 Å². The van der Waals surface area contributed by atoms with Gasteiger partial charge in [0.05, 0.1) is 18.9 Å². The highest BCUT2D eigenvalue weighted by atomic mass is 35.5. The third kappa shape index (κ3) is 14.3. The lowest BCUT2D eigenvalue weighted by Crippen LogP contribution is -2.23. The van der Waals surface area contributed by atoms with E-state index >= 15 is 0 Å². The summed E-state index contributed by atoms with van der Waals surface area (Å²) in [4.78, 5) is 10.1. The Kier molecular flexibility index (Phi) is 17.2. The Balaban J connectivity index is 2.39. The fraction of sp³-hybridized carbons (Fsp3) is 0.760. The number of aliphatic hydroxyl groups excluding tert-OH is 1. The quantitative estimate of drug-likeness (QED) is 0.138. The van der Waals surface area contributed by atoms with Gasteiger partial charge in [0.15, 0.2) is 0 Å². The van der Waals surface area contributed by atoms with Gasteiger partial charge < -0.3 is 14.5 Å². The number of thioether (sulfide) groups is 1. The van der Waals surface area contributed by atoms with E-state index in [1.54, 1.807) is 0 Å². The first-order valence-corrected chi connectivity index (χ1v) is 15.7. The van der Waals surface area contributed by atoms with Crippen LogP contribution >= 0.6 is 31.0 Å². The lowest BCUT2D eigenvalue weighted by atomic mass is 9.89. The summed E-state index contributed by atoms with van der Waals surface area (Å²) in [6.07, 6.45) is 11.4. The molecule has 1 aromatic carbocycles. The summed E-state index contributed by atoms with van der Waals surface area (Å²) >= 11 is 8.10. The predicted molar refractivity (Wildman–Crippen MR) is 140 cm³/mol. The highest BCUT2D eigenvalue weighted by Gasteiger charge is 2.30. The Labute approximate surface area is 205 Å². The SMILES string of the molecule is CCCCCCSCCCCCCCC(c1ccc(Cl)cc1)C(O)CP(=O)(O)OCCC. The number of hydrogen-bond acceptors (Lipinski definition) is 4. The minimum Gasteiger partial charge on any atom is -0.392 e. The molecule has 0 aliphatic carbocycles. The minimum atomic E-state index is -3.80. The first-order valence-electron chi connectivity index (χ1n) is 12.4. The van der Waals surface area contributed by atoms with Crippen LogP contribution in [-0.4, -0.2) is 40.4 Å². The zero-order chi connectivity index (χ0) is 23.7. The summed E-state index contributed by atoms with van der Waals surface area (Å²) in [5, 5.41) is 11.4. The molecule has 7 heteroatoms. The molecule has 0 heterocycles. The Hall–Kier alpha value is -0.0300. The van der Waals surface area contributed by atoms with E-state index in [1.165, 1.54) is 56.5 Å². The van der Waals surface area contributed by atoms with E-state index in [4.69, 9.17) is 16.1 Å². The molecule has 2 N–H and O–H groups in total. The van der Waals surface area contributed by atoms with E-state index in [1.807, 2.05) is 31.2 Å². The van der Waals surface area contributed by atoms with Crippen LogP contribution in [0.15, 0.2) is 24.3 Å². The monoisotopic (exact) mass is 506 g/mol. The molecule has 4 nitrogen and oxygen atoms in total. The standard InChI is InChI=1S/C25H44ClO4PS/c1-3-5-6-11-19-32-20-12-9-7-8-10-13-24(22-14-16-23(26)17-15-22)25(27)21-31(28,29)30-18-4-2/h14-17,24-25,27H,3-13,18-21H2,1-2H3,(H,28,29). The number of unbranched alkanes of at least 4 members (excludes halogenated alkanes) is 7. The van der Waals surface area contributed by atoms with Crippen molar-refractivity contribution in [2.24, 2.45) is 0 Å². The maximum absolute atomic E-state index is 12.3. The predicted octanol–water partition coefficient (Wildman–Crippen LogP) is 8.05. The van der Waals surface area contributed by atoms with Crippen LogP contribution in [-0.2, 0) is 9.09 Å². The van der Waals surface area contributed by atoms with Gasteiger partial charge in [-0.15, -0.1) is 0 Å². The van der Waals surface area contributed by atoms with Crippen molar-refractivity contribution >= 4 is 31.0 Å². The fourth-order valence-corrected chi connectivity index (χ4v) is 6.22. The van der Waals surface area contributed by atoms with Crippen LogP contribution in [0.25, 0.3) is 0 Å². The molecule has 0 radical (unpaired) electrons. The van der Waals surface area contributed by atoms with Crippen molar-refractivity contribution in [2.75, 3.05) is 24.3 Å². The lowest BCUT2D eigenvalue weighted by molar-refractivity contribution is 0.146. The van der Waals surface area contributed by atoms with E-state index in [2.05, 4.69) is 18.7 Å². The summed E-state index contributed by atoms with van der Waals surface area (Å²) in [5.74, 6) is 2.34. The molecule has 0 saturated heterocycles. The van der Waals surface area contributed by atoms with Gasteiger partial charge >= 0.3 is 7.60 Å². The van der Waals surface area contributed by atoms with Gasteiger partial charge in [-0.1, -0.05) is 82.5 Å². The van der Waals surface area contributed by atoms with Gasteiger partial charge in [-0.3, -0.25) is 4.57 Å². The smallest absolute Gasteiger partial charge is 0.330 e. The van der Waals surface area contributed by atoms with Crippen LogP contribution < -0.4 is 0 Å². The summed E-state index contributed by atoms with van der Waals surface area (Å²) in [6.45, 7) is 4.36. The van der Waals surface area contributed by atoms with Gasteiger partial charge in [0.1, 0.15) is 0 Å². The summed E-state index contributed by atoms with van der Waals surface area (Å²) in [7, 11) is -3.80. The Morgan fingerprint density at radius 2 is 1.53 bits per heavy atom. The molecule has 1 rings (SSSR count). The first-order chi connectivity index (χ1) is 15.4. The zero-order valence-electron chi connectivity index (χ0n) is 20.0. The van der Waals surface area contributed by atoms with E-state index < -0.39 is 13.7 Å². The van der Waals surface area contributed by atoms with Gasteiger partial charge in [-0.05, 0) is 54.9 Å². The van der Waals surface area contributed by atoms with Crippen LogP contribution in [0.2, 0.25) is 5.02 Å². The maximum atomic E-state index is 12.3. The van der Waals surface area contributed by atoms with Gasteiger partial charge in [0.25, 0.3) is 0 Å². The molecule has 1 aromatic rings. The topological polar surface area (TPSA) is 66.8 Å². The van der Waals surface area contributed by atoms with E-state index in [-0.39, 0.29) is 18.7 Å². The summed E-state index contributed by atoms with van der Waals surface area (Å²) < 4.78 is 17.4. The van der Waals surface area contributed by atoms with Gasteiger partial charge in [0.2, 0.25) is 0 Å². The van der Waals surface area contributed by atoms with Gasteiger partial charge in [-0.2, -0.15) is 11.8 Å². The maximum Gasteiger partial charge on any atom is 0.330 e. The molecule has 0 aromatic heterocycles. The molecule has 0 aliphatic heterocycles. The molecule has 0 fully saturated rings. The minimum absolute atomic E-state index is 0.198. The number of benzene rings is 1. The highest BCUT2D eigenvalue weighted by Crippen LogP contribution is 2.45. The molecule has 3 atom stereocenters. The van der Waals surface area contributed by atoms with Crippen LogP contribution in [0.4, 0.5) is 0 Å². The summed E-state index contributed by atoms with van der Waals surface area (Å²) in [5.41, 5.74) is 0.955. The van der Waals surface area contributed by atoms with Crippen molar-refractivity contribution in [3.63, 3.8) is 0 Å². The van der Waals surface area contributed by atoms with Crippen molar-refractivity contribution in [2.45, 2.75) is 96.5 Å². The number of aliphatic hydroxyl groups is 1. The van der Waals surface area contributed by atoms with Crippen LogP contribution in [0.3, 0.4) is 0 Å². The third-order valence-corrected chi connectivity index (χ3v) is 8.45. The summed E-state index contributed by atoms with van der Waals surface area (Å²) in [6, 6.07) is 7.43. The van der Waals surface area contributed by atoms with Crippen LogP contribution in [0.5, 0.6) is 0 Å². The normalized spacial score (nSPS) is 15.4. The number of rotatable bonds is 20. The molecular formula is C25H44ClO4PS. The second-order valence-electron chi connectivity index (χ2n) is 8.61. The molecule has 0 spiro atoms. The van der Waals surface area contributed by atoms with E-state index in [0.29, 0.717) is 11.4 Å². The van der Waals surface area contributed by atoms with Crippen molar-refractivity contribution in [1.82, 2.24) is 0 Å². The molecule has 0 amide bonds. The Morgan fingerprint density at radius 1 is 0.938 bits per heavy atom. The Bertz CT molecular complexity index is 629.